The van der Waals surface area contributed by atoms with E-state index in [1.165, 1.54) is 25.3 Å². The van der Waals surface area contributed by atoms with Crippen molar-refractivity contribution in [1.29, 1.82) is 0 Å². The van der Waals surface area contributed by atoms with Gasteiger partial charge in [-0.2, -0.15) is 0 Å². The zero-order valence-corrected chi connectivity index (χ0v) is 12.3. The second-order valence-electron chi connectivity index (χ2n) is 4.45. The van der Waals surface area contributed by atoms with Crippen LogP contribution in [0.4, 0.5) is 4.39 Å². The van der Waals surface area contributed by atoms with Gasteiger partial charge in [-0.3, -0.25) is 20.4 Å². The van der Waals surface area contributed by atoms with Crippen molar-refractivity contribution in [3.63, 3.8) is 0 Å². The Kier molecular flexibility index (Phi) is 5.51. The summed E-state index contributed by atoms with van der Waals surface area (Å²) in [6.07, 6.45) is 0. The van der Waals surface area contributed by atoms with Gasteiger partial charge in [-0.15, -0.1) is 0 Å². The molecule has 6 nitrogen and oxygen atoms in total. The molecule has 2 N–H and O–H groups in total. The summed E-state index contributed by atoms with van der Waals surface area (Å²) < 4.78 is 23.4. The number of ether oxygens (including phenoxy) is 2. The Morgan fingerprint density at radius 2 is 1.78 bits per heavy atom. The van der Waals surface area contributed by atoms with E-state index in [0.29, 0.717) is 11.5 Å². The molecule has 0 fully saturated rings. The van der Waals surface area contributed by atoms with E-state index in [-0.39, 0.29) is 12.2 Å². The lowest BCUT2D eigenvalue weighted by molar-refractivity contribution is -0.123. The molecule has 0 saturated carbocycles. The number of halogens is 1. The molecule has 0 radical (unpaired) electrons. The number of carbonyl (C=O) groups excluding carboxylic acids is 2. The molecule has 7 heteroatoms. The summed E-state index contributed by atoms with van der Waals surface area (Å²) in [5.74, 6) is -0.843. The summed E-state index contributed by atoms with van der Waals surface area (Å²) in [4.78, 5) is 23.4. The standard InChI is InChI=1S/C16H15FN2O4/c1-22-13-7-2-3-8-14(13)23-10-15(20)18-19-16(21)11-5-4-6-12(17)9-11/h2-9H,10H2,1H3,(H,18,20)(H,19,21). The predicted octanol–water partition coefficient (Wildman–Crippen LogP) is 1.67. The van der Waals surface area contributed by atoms with Crippen molar-refractivity contribution in [3.8, 4) is 11.5 Å². The molecular weight excluding hydrogens is 303 g/mol. The first-order chi connectivity index (χ1) is 11.1. The molecule has 0 atom stereocenters. The summed E-state index contributed by atoms with van der Waals surface area (Å²) in [7, 11) is 1.49. The Morgan fingerprint density at radius 3 is 2.48 bits per heavy atom. The van der Waals surface area contributed by atoms with Crippen LogP contribution in [0, 0.1) is 5.82 Å². The van der Waals surface area contributed by atoms with Gasteiger partial charge < -0.3 is 9.47 Å². The average Bonchev–Trinajstić information content (AvgIpc) is 2.58. The maximum atomic E-state index is 13.0. The van der Waals surface area contributed by atoms with Gasteiger partial charge in [0.2, 0.25) is 0 Å². The highest BCUT2D eigenvalue weighted by atomic mass is 19.1. The minimum atomic E-state index is -0.629. The molecule has 0 heterocycles. The van der Waals surface area contributed by atoms with Crippen molar-refractivity contribution in [1.82, 2.24) is 10.9 Å². The Labute approximate surface area is 132 Å². The second kappa shape index (κ2) is 7.79. The molecule has 0 spiro atoms. The van der Waals surface area contributed by atoms with Crippen LogP contribution in [0.15, 0.2) is 48.5 Å². The minimum absolute atomic E-state index is 0.0935. The summed E-state index contributed by atoms with van der Waals surface area (Å²) in [5.41, 5.74) is 4.45. The zero-order valence-electron chi connectivity index (χ0n) is 12.3. The quantitative estimate of drug-likeness (QED) is 0.822. The molecule has 0 aliphatic rings. The molecule has 2 amide bonds. The normalized spacial score (nSPS) is 9.83. The third kappa shape index (κ3) is 4.70. The first kappa shape index (κ1) is 16.3. The Hall–Kier alpha value is -3.09. The van der Waals surface area contributed by atoms with E-state index in [9.17, 15) is 14.0 Å². The number of para-hydroxylation sites is 2. The van der Waals surface area contributed by atoms with Crippen LogP contribution in [0.1, 0.15) is 10.4 Å². The van der Waals surface area contributed by atoms with Crippen molar-refractivity contribution < 1.29 is 23.5 Å². The van der Waals surface area contributed by atoms with Gasteiger partial charge in [0, 0.05) is 5.56 Å². The van der Waals surface area contributed by atoms with Gasteiger partial charge in [0.1, 0.15) is 5.82 Å². The van der Waals surface area contributed by atoms with Gasteiger partial charge in [-0.1, -0.05) is 18.2 Å². The number of benzene rings is 2. The van der Waals surface area contributed by atoms with Crippen LogP contribution >= 0.6 is 0 Å². The fourth-order valence-electron chi connectivity index (χ4n) is 1.75. The molecule has 2 aromatic carbocycles. The summed E-state index contributed by atoms with van der Waals surface area (Å²) in [6, 6.07) is 12.0. The third-order valence-electron chi connectivity index (χ3n) is 2.83. The monoisotopic (exact) mass is 318 g/mol. The first-order valence-electron chi connectivity index (χ1n) is 6.70. The predicted molar refractivity (Wildman–Crippen MR) is 80.5 cm³/mol. The Balaban J connectivity index is 1.82. The van der Waals surface area contributed by atoms with E-state index in [2.05, 4.69) is 10.9 Å². The average molecular weight is 318 g/mol. The fraction of sp³-hybridized carbons (Fsp3) is 0.125. The fourth-order valence-corrected chi connectivity index (χ4v) is 1.75. The highest BCUT2D eigenvalue weighted by Crippen LogP contribution is 2.25. The highest BCUT2D eigenvalue weighted by molar-refractivity contribution is 5.95. The number of nitrogens with one attached hydrogen (secondary N) is 2. The SMILES string of the molecule is COc1ccccc1OCC(=O)NNC(=O)c1cccc(F)c1. The molecule has 0 bridgehead atoms. The van der Waals surface area contributed by atoms with Gasteiger partial charge in [0.15, 0.2) is 18.1 Å². The van der Waals surface area contributed by atoms with E-state index >= 15 is 0 Å². The van der Waals surface area contributed by atoms with Crippen molar-refractivity contribution >= 4 is 11.8 Å². The number of amides is 2. The molecular formula is C16H15FN2O4. The molecule has 0 aliphatic heterocycles. The lowest BCUT2D eigenvalue weighted by Gasteiger charge is -2.11. The first-order valence-corrected chi connectivity index (χ1v) is 6.70. The molecule has 23 heavy (non-hydrogen) atoms. The third-order valence-corrected chi connectivity index (χ3v) is 2.83. The van der Waals surface area contributed by atoms with Crippen molar-refractivity contribution in [2.75, 3.05) is 13.7 Å². The number of methoxy groups -OCH3 is 1. The molecule has 0 unspecified atom stereocenters. The highest BCUT2D eigenvalue weighted by Gasteiger charge is 2.10. The minimum Gasteiger partial charge on any atom is -0.493 e. The van der Waals surface area contributed by atoms with Gasteiger partial charge >= 0.3 is 0 Å². The molecule has 0 aromatic heterocycles. The molecule has 0 saturated heterocycles. The number of carbonyl (C=O) groups is 2. The lowest BCUT2D eigenvalue weighted by Crippen LogP contribution is -2.43. The van der Waals surface area contributed by atoms with E-state index in [4.69, 9.17) is 9.47 Å². The largest absolute Gasteiger partial charge is 0.493 e. The van der Waals surface area contributed by atoms with Crippen LogP contribution in [0.3, 0.4) is 0 Å². The summed E-state index contributed by atoms with van der Waals surface area (Å²) >= 11 is 0. The molecule has 0 aliphatic carbocycles. The van der Waals surface area contributed by atoms with Crippen molar-refractivity contribution in [2.24, 2.45) is 0 Å². The Bertz CT molecular complexity index is 706. The second-order valence-corrected chi connectivity index (χ2v) is 4.45. The van der Waals surface area contributed by atoms with Crippen molar-refractivity contribution in [3.05, 3.63) is 59.9 Å². The topological polar surface area (TPSA) is 76.7 Å². The smallest absolute Gasteiger partial charge is 0.276 e. The van der Waals surface area contributed by atoms with Crippen LogP contribution in [0.2, 0.25) is 0 Å². The van der Waals surface area contributed by atoms with Crippen LogP contribution in [-0.2, 0) is 4.79 Å². The maximum Gasteiger partial charge on any atom is 0.276 e. The molecule has 120 valence electrons. The van der Waals surface area contributed by atoms with E-state index in [0.717, 1.165) is 6.07 Å². The molecule has 2 aromatic rings. The van der Waals surface area contributed by atoms with Gasteiger partial charge in [-0.25, -0.2) is 4.39 Å². The summed E-state index contributed by atoms with van der Waals surface area (Å²) in [6.45, 7) is -0.316. The van der Waals surface area contributed by atoms with Gasteiger partial charge in [0.25, 0.3) is 11.8 Å². The van der Waals surface area contributed by atoms with Crippen LogP contribution in [0.5, 0.6) is 11.5 Å². The van der Waals surface area contributed by atoms with E-state index in [1.54, 1.807) is 24.3 Å². The maximum absolute atomic E-state index is 13.0. The number of hydrogen-bond acceptors (Lipinski definition) is 4. The van der Waals surface area contributed by atoms with Gasteiger partial charge in [0.05, 0.1) is 7.11 Å². The van der Waals surface area contributed by atoms with E-state index in [1.807, 2.05) is 0 Å². The summed E-state index contributed by atoms with van der Waals surface area (Å²) in [5, 5.41) is 0. The Morgan fingerprint density at radius 1 is 1.04 bits per heavy atom. The van der Waals surface area contributed by atoms with E-state index < -0.39 is 17.6 Å². The van der Waals surface area contributed by atoms with Crippen LogP contribution < -0.4 is 20.3 Å². The number of rotatable bonds is 5. The number of hydrogen-bond donors (Lipinski definition) is 2. The van der Waals surface area contributed by atoms with Crippen LogP contribution in [-0.4, -0.2) is 25.5 Å². The number of hydrazine groups is 1. The zero-order chi connectivity index (χ0) is 16.7. The van der Waals surface area contributed by atoms with Crippen molar-refractivity contribution in [2.45, 2.75) is 0 Å². The lowest BCUT2D eigenvalue weighted by atomic mass is 10.2. The van der Waals surface area contributed by atoms with Gasteiger partial charge in [-0.05, 0) is 30.3 Å². The molecule has 2 rings (SSSR count). The van der Waals surface area contributed by atoms with Crippen LogP contribution in [0.25, 0.3) is 0 Å².